The van der Waals surface area contributed by atoms with Gasteiger partial charge in [-0.1, -0.05) is 0 Å². The Morgan fingerprint density at radius 3 is 2.37 bits per heavy atom. The Labute approximate surface area is 111 Å². The van der Waals surface area contributed by atoms with Crippen LogP contribution in [0.4, 0.5) is 11.4 Å². The van der Waals surface area contributed by atoms with E-state index < -0.39 is 20.6 Å². The topological polar surface area (TPSA) is 127 Å². The minimum absolute atomic E-state index is 0.0611. The number of hydrogen-bond acceptors (Lipinski definition) is 6. The molecule has 1 rings (SSSR count). The standard InChI is InChI=1S/C10H16N4O4S/c1-6(2)13-19(17,18)10-5-9(14(15)16)8(12-11)4-7(10)3/h4-6,12-13H,11H2,1-3H3. The normalized spacial score (nSPS) is 11.6. The number of hydrogen-bond donors (Lipinski definition) is 3. The van der Waals surface area contributed by atoms with Gasteiger partial charge in [0, 0.05) is 12.1 Å². The zero-order valence-corrected chi connectivity index (χ0v) is 11.6. The fourth-order valence-electron chi connectivity index (χ4n) is 1.61. The van der Waals surface area contributed by atoms with Gasteiger partial charge in [-0.05, 0) is 32.4 Å². The average Bonchev–Trinajstić information content (AvgIpc) is 2.25. The van der Waals surface area contributed by atoms with Crippen LogP contribution in [0.3, 0.4) is 0 Å². The molecule has 0 radical (unpaired) electrons. The minimum Gasteiger partial charge on any atom is -0.318 e. The highest BCUT2D eigenvalue weighted by Gasteiger charge is 2.24. The molecule has 0 bridgehead atoms. The molecule has 0 saturated heterocycles. The number of nitro benzene ring substituents is 1. The smallest absolute Gasteiger partial charge is 0.295 e. The third-order valence-electron chi connectivity index (χ3n) is 2.33. The highest BCUT2D eigenvalue weighted by atomic mass is 32.2. The molecule has 0 aliphatic carbocycles. The molecule has 4 N–H and O–H groups in total. The summed E-state index contributed by atoms with van der Waals surface area (Å²) in [6.07, 6.45) is 0. The summed E-state index contributed by atoms with van der Waals surface area (Å²) >= 11 is 0. The Kier molecular flexibility index (Phi) is 4.45. The fraction of sp³-hybridized carbons (Fsp3) is 0.400. The summed E-state index contributed by atoms with van der Waals surface area (Å²) in [5, 5.41) is 10.9. The van der Waals surface area contributed by atoms with E-state index >= 15 is 0 Å². The molecule has 0 amide bonds. The molecule has 0 fully saturated rings. The predicted octanol–water partition coefficient (Wildman–Crippen LogP) is 0.876. The van der Waals surface area contributed by atoms with Crippen molar-refractivity contribution in [2.24, 2.45) is 5.84 Å². The third-order valence-corrected chi connectivity index (χ3v) is 4.13. The van der Waals surface area contributed by atoms with Gasteiger partial charge in [-0.25, -0.2) is 13.1 Å². The molecule has 0 aliphatic rings. The second-order valence-electron chi connectivity index (χ2n) is 4.31. The van der Waals surface area contributed by atoms with Crippen molar-refractivity contribution in [3.05, 3.63) is 27.8 Å². The first kappa shape index (κ1) is 15.3. The molecule has 0 saturated carbocycles. The van der Waals surface area contributed by atoms with E-state index in [-0.39, 0.29) is 16.6 Å². The van der Waals surface area contributed by atoms with Crippen LogP contribution in [0.25, 0.3) is 0 Å². The number of nitrogens with two attached hydrogens (primary N) is 1. The largest absolute Gasteiger partial charge is 0.318 e. The van der Waals surface area contributed by atoms with Crippen LogP contribution in [0.15, 0.2) is 17.0 Å². The Balaban J connectivity index is 3.45. The van der Waals surface area contributed by atoms with Crippen LogP contribution < -0.4 is 16.0 Å². The summed E-state index contributed by atoms with van der Waals surface area (Å²) in [4.78, 5) is 10.1. The number of anilines is 1. The van der Waals surface area contributed by atoms with Gasteiger partial charge in [0.2, 0.25) is 10.0 Å². The van der Waals surface area contributed by atoms with Gasteiger partial charge in [0.1, 0.15) is 5.69 Å². The van der Waals surface area contributed by atoms with Gasteiger partial charge in [0.25, 0.3) is 5.69 Å². The van der Waals surface area contributed by atoms with Crippen LogP contribution in [0.1, 0.15) is 19.4 Å². The molecule has 0 aromatic heterocycles. The van der Waals surface area contributed by atoms with Crippen molar-refractivity contribution in [2.45, 2.75) is 31.7 Å². The quantitative estimate of drug-likeness (QED) is 0.419. The summed E-state index contributed by atoms with van der Waals surface area (Å²) in [5.41, 5.74) is 2.22. The minimum atomic E-state index is -3.79. The van der Waals surface area contributed by atoms with Crippen molar-refractivity contribution in [3.63, 3.8) is 0 Å². The molecule has 9 heteroatoms. The van der Waals surface area contributed by atoms with Crippen molar-refractivity contribution in [1.82, 2.24) is 4.72 Å². The molecule has 0 atom stereocenters. The predicted molar refractivity (Wildman–Crippen MR) is 71.1 cm³/mol. The third kappa shape index (κ3) is 3.40. The van der Waals surface area contributed by atoms with Gasteiger partial charge in [-0.3, -0.25) is 16.0 Å². The van der Waals surface area contributed by atoms with Gasteiger partial charge in [-0.2, -0.15) is 0 Å². The van der Waals surface area contributed by atoms with E-state index in [0.29, 0.717) is 5.56 Å². The lowest BCUT2D eigenvalue weighted by molar-refractivity contribution is -0.384. The van der Waals surface area contributed by atoms with Crippen molar-refractivity contribution in [1.29, 1.82) is 0 Å². The van der Waals surface area contributed by atoms with Crippen LogP contribution in [-0.2, 0) is 10.0 Å². The lowest BCUT2D eigenvalue weighted by Gasteiger charge is -2.13. The van der Waals surface area contributed by atoms with Crippen LogP contribution >= 0.6 is 0 Å². The van der Waals surface area contributed by atoms with E-state index in [2.05, 4.69) is 10.1 Å². The molecular weight excluding hydrogens is 272 g/mol. The number of rotatable bonds is 5. The van der Waals surface area contributed by atoms with Gasteiger partial charge in [0.15, 0.2) is 0 Å². The average molecular weight is 288 g/mol. The molecule has 0 unspecified atom stereocenters. The van der Waals surface area contributed by atoms with Gasteiger partial charge < -0.3 is 5.43 Å². The van der Waals surface area contributed by atoms with Crippen molar-refractivity contribution in [3.8, 4) is 0 Å². The molecule has 1 aromatic carbocycles. The number of sulfonamides is 1. The number of benzene rings is 1. The highest BCUT2D eigenvalue weighted by molar-refractivity contribution is 7.89. The maximum Gasteiger partial charge on any atom is 0.295 e. The van der Waals surface area contributed by atoms with E-state index in [4.69, 9.17) is 5.84 Å². The summed E-state index contributed by atoms with van der Waals surface area (Å²) in [6, 6.07) is 2.01. The van der Waals surface area contributed by atoms with Crippen LogP contribution in [0.2, 0.25) is 0 Å². The lowest BCUT2D eigenvalue weighted by Crippen LogP contribution is -2.30. The van der Waals surface area contributed by atoms with E-state index in [1.807, 2.05) is 0 Å². The Bertz CT molecular complexity index is 598. The molecule has 8 nitrogen and oxygen atoms in total. The molecule has 106 valence electrons. The maximum absolute atomic E-state index is 12.1. The maximum atomic E-state index is 12.1. The lowest BCUT2D eigenvalue weighted by atomic mass is 10.2. The van der Waals surface area contributed by atoms with E-state index in [9.17, 15) is 18.5 Å². The van der Waals surface area contributed by atoms with Crippen molar-refractivity contribution in [2.75, 3.05) is 5.43 Å². The zero-order valence-electron chi connectivity index (χ0n) is 10.8. The van der Waals surface area contributed by atoms with Crippen LogP contribution in [0.5, 0.6) is 0 Å². The second kappa shape index (κ2) is 5.51. The molecular formula is C10H16N4O4S. The van der Waals surface area contributed by atoms with E-state index in [1.54, 1.807) is 20.8 Å². The van der Waals surface area contributed by atoms with Gasteiger partial charge >= 0.3 is 0 Å². The summed E-state index contributed by atoms with van der Waals surface area (Å²) in [5.74, 6) is 5.18. The first-order valence-electron chi connectivity index (χ1n) is 5.47. The summed E-state index contributed by atoms with van der Waals surface area (Å²) in [6.45, 7) is 4.87. The van der Waals surface area contributed by atoms with Gasteiger partial charge in [-0.15, -0.1) is 0 Å². The summed E-state index contributed by atoms with van der Waals surface area (Å²) < 4.78 is 26.5. The monoisotopic (exact) mass is 288 g/mol. The number of nitrogens with zero attached hydrogens (tertiary/aromatic N) is 1. The van der Waals surface area contributed by atoms with Crippen LogP contribution in [0, 0.1) is 17.0 Å². The fourth-order valence-corrected chi connectivity index (χ4v) is 3.10. The number of nitrogen functional groups attached to an aromatic ring is 1. The molecule has 0 spiro atoms. The number of hydrazine groups is 1. The Morgan fingerprint density at radius 1 is 1.37 bits per heavy atom. The second-order valence-corrected chi connectivity index (χ2v) is 5.99. The molecule has 1 aromatic rings. The van der Waals surface area contributed by atoms with Crippen LogP contribution in [-0.4, -0.2) is 19.4 Å². The molecule has 0 aliphatic heterocycles. The number of nitro groups is 1. The Hall–Kier alpha value is -1.71. The molecule has 19 heavy (non-hydrogen) atoms. The van der Waals surface area contributed by atoms with E-state index in [1.165, 1.54) is 6.07 Å². The first-order valence-corrected chi connectivity index (χ1v) is 6.95. The number of aryl methyl sites for hydroxylation is 1. The van der Waals surface area contributed by atoms with Crippen molar-refractivity contribution < 1.29 is 13.3 Å². The molecule has 0 heterocycles. The zero-order chi connectivity index (χ0) is 14.8. The first-order chi connectivity index (χ1) is 8.69. The van der Waals surface area contributed by atoms with Gasteiger partial charge in [0.05, 0.1) is 9.82 Å². The summed E-state index contributed by atoms with van der Waals surface area (Å²) in [7, 11) is -3.79. The number of nitrogens with one attached hydrogen (secondary N) is 2. The highest BCUT2D eigenvalue weighted by Crippen LogP contribution is 2.29. The van der Waals surface area contributed by atoms with Crippen molar-refractivity contribution >= 4 is 21.4 Å². The SMILES string of the molecule is Cc1cc(NN)c([N+](=O)[O-])cc1S(=O)(=O)NC(C)C. The Morgan fingerprint density at radius 2 is 1.95 bits per heavy atom. The van der Waals surface area contributed by atoms with E-state index in [0.717, 1.165) is 6.07 Å².